The van der Waals surface area contributed by atoms with Gasteiger partial charge in [0, 0.05) is 43.3 Å². The number of anilines is 2. The van der Waals surface area contributed by atoms with Gasteiger partial charge in [-0.15, -0.1) is 0 Å². The third kappa shape index (κ3) is 4.85. The minimum absolute atomic E-state index is 0.506. The van der Waals surface area contributed by atoms with Crippen LogP contribution in [0, 0.1) is 6.92 Å². The Balaban J connectivity index is 1.64. The first kappa shape index (κ1) is 17.5. The minimum atomic E-state index is 0.506. The van der Waals surface area contributed by atoms with Crippen LogP contribution in [0.15, 0.2) is 30.6 Å². The van der Waals surface area contributed by atoms with Gasteiger partial charge in [-0.1, -0.05) is 6.07 Å². The van der Waals surface area contributed by atoms with Crippen molar-refractivity contribution in [3.05, 3.63) is 41.9 Å². The molecule has 0 unspecified atom stereocenters. The molecular weight excluding hydrogens is 332 g/mol. The van der Waals surface area contributed by atoms with Crippen molar-refractivity contribution in [2.75, 3.05) is 16.8 Å². The van der Waals surface area contributed by atoms with Crippen LogP contribution < -0.4 is 15.5 Å². The predicted octanol–water partition coefficient (Wildman–Crippen LogP) is 3.05. The number of aryl methyl sites for hydroxylation is 1. The van der Waals surface area contributed by atoms with Crippen LogP contribution in [-0.2, 0) is 6.54 Å². The maximum absolute atomic E-state index is 5.37. The number of pyridine rings is 1. The molecule has 1 atom stereocenters. The number of nitrogens with one attached hydrogen (secondary N) is 2. The number of aromatic nitrogens is 3. The molecule has 0 bridgehead atoms. The second kappa shape index (κ2) is 8.20. The van der Waals surface area contributed by atoms with Gasteiger partial charge >= 0.3 is 0 Å². The van der Waals surface area contributed by atoms with Gasteiger partial charge in [-0.25, -0.2) is 4.98 Å². The number of thiocarbonyl (C=S) groups is 1. The van der Waals surface area contributed by atoms with E-state index in [-0.39, 0.29) is 0 Å². The van der Waals surface area contributed by atoms with E-state index >= 15 is 0 Å². The lowest BCUT2D eigenvalue weighted by Crippen LogP contribution is -2.38. The molecule has 1 saturated heterocycles. The number of hydrogen-bond donors (Lipinski definition) is 2. The second-order valence-electron chi connectivity index (χ2n) is 6.40. The zero-order valence-corrected chi connectivity index (χ0v) is 15.5. The molecule has 0 spiro atoms. The lowest BCUT2D eigenvalue weighted by Gasteiger charge is -2.34. The number of piperidine rings is 1. The maximum Gasteiger partial charge on any atom is 0.231 e. The first-order valence-electron chi connectivity index (χ1n) is 8.68. The van der Waals surface area contributed by atoms with Gasteiger partial charge in [0.15, 0.2) is 5.11 Å². The van der Waals surface area contributed by atoms with E-state index in [1.807, 2.05) is 31.3 Å². The molecule has 1 fully saturated rings. The highest BCUT2D eigenvalue weighted by atomic mass is 32.1. The molecule has 6 nitrogen and oxygen atoms in total. The monoisotopic (exact) mass is 356 g/mol. The molecule has 7 heteroatoms. The van der Waals surface area contributed by atoms with E-state index in [1.165, 1.54) is 19.3 Å². The van der Waals surface area contributed by atoms with E-state index in [1.54, 1.807) is 6.20 Å². The van der Waals surface area contributed by atoms with Gasteiger partial charge in [0.05, 0.1) is 0 Å². The Morgan fingerprint density at radius 1 is 1.36 bits per heavy atom. The summed E-state index contributed by atoms with van der Waals surface area (Å²) < 4.78 is 0. The van der Waals surface area contributed by atoms with Crippen molar-refractivity contribution < 1.29 is 0 Å². The van der Waals surface area contributed by atoms with Crippen LogP contribution in [0.1, 0.15) is 37.4 Å². The highest BCUT2D eigenvalue weighted by molar-refractivity contribution is 7.80. The van der Waals surface area contributed by atoms with E-state index < -0.39 is 0 Å². The molecule has 2 N–H and O–H groups in total. The van der Waals surface area contributed by atoms with Crippen LogP contribution in [0.5, 0.6) is 0 Å². The predicted molar refractivity (Wildman–Crippen MR) is 105 cm³/mol. The van der Waals surface area contributed by atoms with E-state index in [0.717, 1.165) is 23.6 Å². The highest BCUT2D eigenvalue weighted by Gasteiger charge is 2.20. The van der Waals surface area contributed by atoms with Gasteiger partial charge in [0.25, 0.3) is 0 Å². The Hall–Kier alpha value is -2.28. The molecule has 3 heterocycles. The van der Waals surface area contributed by atoms with Gasteiger partial charge in [-0.2, -0.15) is 4.98 Å². The molecule has 0 saturated carbocycles. The van der Waals surface area contributed by atoms with E-state index in [0.29, 0.717) is 23.6 Å². The summed E-state index contributed by atoms with van der Waals surface area (Å²) >= 11 is 5.37. The lowest BCUT2D eigenvalue weighted by molar-refractivity contribution is 0.481. The maximum atomic E-state index is 5.37. The summed E-state index contributed by atoms with van der Waals surface area (Å²) in [5, 5.41) is 6.77. The molecule has 0 aliphatic carbocycles. The molecule has 0 radical (unpaired) electrons. The fourth-order valence-corrected chi connectivity index (χ4v) is 3.19. The lowest BCUT2D eigenvalue weighted by atomic mass is 10.0. The third-order valence-corrected chi connectivity index (χ3v) is 4.59. The molecule has 0 amide bonds. The summed E-state index contributed by atoms with van der Waals surface area (Å²) in [6, 6.07) is 6.45. The van der Waals surface area contributed by atoms with Crippen molar-refractivity contribution >= 4 is 29.1 Å². The number of nitrogens with zero attached hydrogens (tertiary/aromatic N) is 4. The van der Waals surface area contributed by atoms with E-state index in [9.17, 15) is 0 Å². The Morgan fingerprint density at radius 3 is 3.00 bits per heavy atom. The van der Waals surface area contributed by atoms with Crippen molar-refractivity contribution in [2.45, 2.75) is 45.7 Å². The molecule has 25 heavy (non-hydrogen) atoms. The number of hydrogen-bond acceptors (Lipinski definition) is 5. The summed E-state index contributed by atoms with van der Waals surface area (Å²) in [7, 11) is 0. The number of rotatable bonds is 4. The van der Waals surface area contributed by atoms with Crippen LogP contribution in [0.2, 0.25) is 0 Å². The van der Waals surface area contributed by atoms with Crippen molar-refractivity contribution in [1.82, 2.24) is 20.3 Å². The SMILES string of the molecule is Cc1cc(N2CCCC[C@H]2C)nc(NC(=S)NCc2cccnc2)n1. The fraction of sp³-hybridized carbons (Fsp3) is 0.444. The largest absolute Gasteiger partial charge is 0.358 e. The van der Waals surface area contributed by atoms with Crippen molar-refractivity contribution in [1.29, 1.82) is 0 Å². The summed E-state index contributed by atoms with van der Waals surface area (Å²) in [5.41, 5.74) is 2.00. The molecule has 1 aliphatic heterocycles. The Morgan fingerprint density at radius 2 is 2.24 bits per heavy atom. The van der Waals surface area contributed by atoms with Crippen LogP contribution in [0.25, 0.3) is 0 Å². The average Bonchev–Trinajstić information content (AvgIpc) is 2.61. The second-order valence-corrected chi connectivity index (χ2v) is 6.81. The van der Waals surface area contributed by atoms with Gasteiger partial charge in [0.1, 0.15) is 5.82 Å². The molecule has 0 aromatic carbocycles. The van der Waals surface area contributed by atoms with Gasteiger partial charge in [0.2, 0.25) is 5.95 Å². The molecule has 3 rings (SSSR count). The van der Waals surface area contributed by atoms with E-state index in [4.69, 9.17) is 12.2 Å². The van der Waals surface area contributed by atoms with Crippen molar-refractivity contribution in [2.24, 2.45) is 0 Å². The standard InChI is InChI=1S/C18H24N6S/c1-13-10-16(24-9-4-3-6-14(24)2)22-17(21-13)23-18(25)20-12-15-7-5-8-19-11-15/h5,7-8,10-11,14H,3-4,6,9,12H2,1-2H3,(H2,20,21,22,23,25)/t14-/m1/s1. The Labute approximate surface area is 154 Å². The van der Waals surface area contributed by atoms with Crippen LogP contribution in [0.3, 0.4) is 0 Å². The molecule has 2 aromatic rings. The van der Waals surface area contributed by atoms with Crippen molar-refractivity contribution in [3.63, 3.8) is 0 Å². The smallest absolute Gasteiger partial charge is 0.231 e. The third-order valence-electron chi connectivity index (χ3n) is 4.34. The minimum Gasteiger partial charge on any atom is -0.358 e. The first-order chi connectivity index (χ1) is 12.1. The van der Waals surface area contributed by atoms with E-state index in [2.05, 4.69) is 37.4 Å². The Kier molecular flexibility index (Phi) is 5.75. The quantitative estimate of drug-likeness (QED) is 0.816. The van der Waals surface area contributed by atoms with Crippen LogP contribution >= 0.6 is 12.2 Å². The highest BCUT2D eigenvalue weighted by Crippen LogP contribution is 2.24. The molecule has 1 aliphatic rings. The summed E-state index contributed by atoms with van der Waals surface area (Å²) in [5.74, 6) is 1.51. The summed E-state index contributed by atoms with van der Waals surface area (Å²) in [4.78, 5) is 15.6. The first-order valence-corrected chi connectivity index (χ1v) is 9.09. The molecule has 2 aromatic heterocycles. The van der Waals surface area contributed by atoms with Gasteiger partial charge < -0.3 is 15.5 Å². The zero-order valence-electron chi connectivity index (χ0n) is 14.7. The van der Waals surface area contributed by atoms with Crippen LogP contribution in [-0.4, -0.2) is 32.7 Å². The normalized spacial score (nSPS) is 17.2. The summed E-state index contributed by atoms with van der Waals surface area (Å²) in [6.45, 7) is 5.89. The van der Waals surface area contributed by atoms with Crippen molar-refractivity contribution in [3.8, 4) is 0 Å². The Bertz CT molecular complexity index is 721. The average molecular weight is 356 g/mol. The van der Waals surface area contributed by atoms with Gasteiger partial charge in [-0.05, 0) is 57.0 Å². The summed E-state index contributed by atoms with van der Waals surface area (Å²) in [6.07, 6.45) is 7.27. The molecular formula is C18H24N6S. The molecule has 132 valence electrons. The van der Waals surface area contributed by atoms with Crippen LogP contribution in [0.4, 0.5) is 11.8 Å². The zero-order chi connectivity index (χ0) is 17.6. The topological polar surface area (TPSA) is 66.0 Å². The van der Waals surface area contributed by atoms with Gasteiger partial charge in [-0.3, -0.25) is 4.98 Å². The fourth-order valence-electron chi connectivity index (χ4n) is 3.02.